The number of aromatic amines is 1. The van der Waals surface area contributed by atoms with Crippen LogP contribution >= 0.6 is 0 Å². The van der Waals surface area contributed by atoms with Crippen LogP contribution in [0.15, 0.2) is 24.4 Å². The normalized spacial score (nSPS) is 17.3. The molecule has 156 valence electrons. The topological polar surface area (TPSA) is 85.6 Å². The number of rotatable bonds is 0. The van der Waals surface area contributed by atoms with E-state index in [1.165, 1.54) is 11.3 Å². The molecule has 3 aromatic heterocycles. The van der Waals surface area contributed by atoms with Crippen LogP contribution in [0.4, 0.5) is 0 Å². The van der Waals surface area contributed by atoms with Crippen LogP contribution in [0.3, 0.4) is 0 Å². The molecular weight excluding hydrogens is 378 g/mol. The van der Waals surface area contributed by atoms with Gasteiger partial charge in [-0.05, 0) is 36.6 Å². The highest BCUT2D eigenvalue weighted by Gasteiger charge is 2.21. The fraction of sp³-hybridized carbons (Fsp3) is 0.409. The first-order valence-electron chi connectivity index (χ1n) is 10.4. The Morgan fingerprint density at radius 2 is 2.07 bits per heavy atom. The summed E-state index contributed by atoms with van der Waals surface area (Å²) in [5.41, 5.74) is 7.80. The fourth-order valence-corrected chi connectivity index (χ4v) is 4.33. The lowest BCUT2D eigenvalue weighted by Gasteiger charge is -2.11. The number of H-pyrrole nitrogens is 1. The highest BCUT2D eigenvalue weighted by Crippen LogP contribution is 2.34. The number of hydrogen-bond acceptors (Lipinski definition) is 5. The van der Waals surface area contributed by atoms with Gasteiger partial charge in [0, 0.05) is 44.2 Å². The van der Waals surface area contributed by atoms with Crippen molar-refractivity contribution in [1.82, 2.24) is 35.1 Å². The van der Waals surface area contributed by atoms with Crippen molar-refractivity contribution in [3.05, 3.63) is 47.0 Å². The highest BCUT2D eigenvalue weighted by atomic mass is 16.5. The van der Waals surface area contributed by atoms with Crippen LogP contribution in [0.25, 0.3) is 22.0 Å². The van der Waals surface area contributed by atoms with Crippen LogP contribution in [0.5, 0.6) is 5.88 Å². The minimum atomic E-state index is 0.255. The number of nitrogens with one attached hydrogen (secondary N) is 2. The van der Waals surface area contributed by atoms with Crippen molar-refractivity contribution in [1.29, 1.82) is 0 Å². The molecule has 1 aliphatic rings. The zero-order valence-corrected chi connectivity index (χ0v) is 17.9. The van der Waals surface area contributed by atoms with Crippen LogP contribution in [0, 0.1) is 6.92 Å². The fourth-order valence-electron chi connectivity index (χ4n) is 4.33. The average molecular weight is 406 g/mol. The molecule has 0 saturated heterocycles. The summed E-state index contributed by atoms with van der Waals surface area (Å²) in [6.45, 7) is 6.39. The smallest absolute Gasteiger partial charge is 0.219 e. The van der Waals surface area contributed by atoms with Crippen LogP contribution in [-0.4, -0.2) is 42.9 Å². The minimum absolute atomic E-state index is 0.255. The van der Waals surface area contributed by atoms with E-state index in [0.29, 0.717) is 6.61 Å². The zero-order valence-electron chi connectivity index (χ0n) is 17.9. The third-order valence-electron chi connectivity index (χ3n) is 6.12. The Morgan fingerprint density at radius 1 is 1.20 bits per heavy atom. The summed E-state index contributed by atoms with van der Waals surface area (Å²) in [6, 6.07) is 6.38. The number of nitrogens with zero attached hydrogens (tertiary/aromatic N) is 5. The maximum Gasteiger partial charge on any atom is 0.219 e. The second-order valence-electron chi connectivity index (χ2n) is 8.12. The Hall–Kier alpha value is -3.13. The maximum atomic E-state index is 6.11. The summed E-state index contributed by atoms with van der Waals surface area (Å²) in [6.07, 6.45) is 2.77. The van der Waals surface area contributed by atoms with Gasteiger partial charge in [-0.2, -0.15) is 15.3 Å². The Labute approximate surface area is 175 Å². The Bertz CT molecular complexity index is 1220. The van der Waals surface area contributed by atoms with Crippen LogP contribution in [0.1, 0.15) is 35.5 Å². The second-order valence-corrected chi connectivity index (χ2v) is 8.12. The highest BCUT2D eigenvalue weighted by molar-refractivity contribution is 5.87. The Kier molecular flexibility index (Phi) is 4.58. The molecule has 0 saturated carbocycles. The van der Waals surface area contributed by atoms with Gasteiger partial charge in [0.1, 0.15) is 6.61 Å². The van der Waals surface area contributed by atoms with E-state index in [1.54, 1.807) is 4.68 Å². The van der Waals surface area contributed by atoms with E-state index in [4.69, 9.17) is 9.84 Å². The predicted molar refractivity (Wildman–Crippen MR) is 116 cm³/mol. The van der Waals surface area contributed by atoms with Gasteiger partial charge in [-0.3, -0.25) is 9.78 Å². The van der Waals surface area contributed by atoms with Crippen LogP contribution < -0.4 is 10.1 Å². The average Bonchev–Trinajstić information content (AvgIpc) is 3.39. The molecule has 0 radical (unpaired) electrons. The van der Waals surface area contributed by atoms with Crippen LogP contribution in [0.2, 0.25) is 0 Å². The molecule has 4 aromatic rings. The van der Waals surface area contributed by atoms with Gasteiger partial charge < -0.3 is 10.1 Å². The van der Waals surface area contributed by atoms with Crippen molar-refractivity contribution >= 4 is 10.9 Å². The van der Waals surface area contributed by atoms with Gasteiger partial charge in [-0.1, -0.05) is 13.0 Å². The standard InChI is InChI=1S/C22H27N7O/c1-13-9-16-14(2)28(3)27-20(16)12-23-7-8-30-22-18(11-24-29(22)4)15-5-6-19-17(10-15)21(13)26-25-19/h5-6,10-11,13,23H,7-9,12H2,1-4H3,(H,25,26). The van der Waals surface area contributed by atoms with E-state index in [1.807, 2.05) is 25.0 Å². The van der Waals surface area contributed by atoms with Crippen molar-refractivity contribution in [2.24, 2.45) is 14.1 Å². The van der Waals surface area contributed by atoms with Crippen molar-refractivity contribution in [3.63, 3.8) is 0 Å². The summed E-state index contributed by atoms with van der Waals surface area (Å²) in [5, 5.41) is 21.7. The molecule has 1 aliphatic heterocycles. The first kappa shape index (κ1) is 18.9. The molecule has 5 rings (SSSR count). The number of hydrogen-bond donors (Lipinski definition) is 2. The van der Waals surface area contributed by atoms with Crippen molar-refractivity contribution in [3.8, 4) is 17.0 Å². The monoisotopic (exact) mass is 405 g/mol. The van der Waals surface area contributed by atoms with Crippen LogP contribution in [-0.2, 0) is 27.1 Å². The molecule has 2 bridgehead atoms. The van der Waals surface area contributed by atoms with E-state index < -0.39 is 0 Å². The summed E-state index contributed by atoms with van der Waals surface area (Å²) >= 11 is 0. The molecule has 0 spiro atoms. The minimum Gasteiger partial charge on any atom is -0.476 e. The summed E-state index contributed by atoms with van der Waals surface area (Å²) < 4.78 is 9.87. The number of aromatic nitrogens is 6. The first-order chi connectivity index (χ1) is 14.5. The molecular formula is C22H27N7O. The lowest BCUT2D eigenvalue weighted by Crippen LogP contribution is -2.22. The Balaban J connectivity index is 1.64. The molecule has 0 aliphatic carbocycles. The molecule has 1 aromatic carbocycles. The van der Waals surface area contributed by atoms with Crippen molar-refractivity contribution in [2.45, 2.75) is 32.7 Å². The van der Waals surface area contributed by atoms with Crippen molar-refractivity contribution < 1.29 is 4.74 Å². The van der Waals surface area contributed by atoms with E-state index in [9.17, 15) is 0 Å². The maximum absolute atomic E-state index is 6.11. The molecule has 0 fully saturated rings. The molecule has 8 heteroatoms. The van der Waals surface area contributed by atoms with Gasteiger partial charge in [-0.25, -0.2) is 4.68 Å². The second kappa shape index (κ2) is 7.28. The van der Waals surface area contributed by atoms with Gasteiger partial charge in [0.25, 0.3) is 0 Å². The third kappa shape index (κ3) is 3.08. The van der Waals surface area contributed by atoms with Gasteiger partial charge in [-0.15, -0.1) is 0 Å². The third-order valence-corrected chi connectivity index (χ3v) is 6.12. The summed E-state index contributed by atoms with van der Waals surface area (Å²) in [7, 11) is 3.92. The van der Waals surface area contributed by atoms with E-state index in [0.717, 1.165) is 58.8 Å². The SMILES string of the molecule is Cc1c2c(nn1C)CNCCOc1c(cnn1C)-c1ccc3[nH]nc(c3c1)C(C)C2. The number of ether oxygens (including phenoxy) is 1. The molecule has 1 atom stereocenters. The van der Waals surface area contributed by atoms with Gasteiger partial charge >= 0.3 is 0 Å². The van der Waals surface area contributed by atoms with Gasteiger partial charge in [0.2, 0.25) is 5.88 Å². The molecule has 2 N–H and O–H groups in total. The quantitative estimate of drug-likeness (QED) is 0.470. The van der Waals surface area contributed by atoms with E-state index in [2.05, 4.69) is 52.7 Å². The predicted octanol–water partition coefficient (Wildman–Crippen LogP) is 2.83. The van der Waals surface area contributed by atoms with E-state index >= 15 is 0 Å². The number of benzene rings is 1. The zero-order chi connectivity index (χ0) is 20.8. The molecule has 4 heterocycles. The number of aryl methyl sites for hydroxylation is 2. The molecule has 1 unspecified atom stereocenters. The molecule has 8 nitrogen and oxygen atoms in total. The summed E-state index contributed by atoms with van der Waals surface area (Å²) in [5.74, 6) is 1.03. The summed E-state index contributed by atoms with van der Waals surface area (Å²) in [4.78, 5) is 0. The Morgan fingerprint density at radius 3 is 2.93 bits per heavy atom. The van der Waals surface area contributed by atoms with Gasteiger partial charge in [0.15, 0.2) is 0 Å². The molecule has 0 amide bonds. The van der Waals surface area contributed by atoms with Gasteiger partial charge in [0.05, 0.1) is 28.7 Å². The number of fused-ring (bicyclic) bond motifs is 4. The largest absolute Gasteiger partial charge is 0.476 e. The lowest BCUT2D eigenvalue weighted by atomic mass is 9.93. The molecule has 30 heavy (non-hydrogen) atoms. The van der Waals surface area contributed by atoms with E-state index in [-0.39, 0.29) is 5.92 Å². The first-order valence-corrected chi connectivity index (χ1v) is 10.4. The van der Waals surface area contributed by atoms with Crippen molar-refractivity contribution in [2.75, 3.05) is 13.2 Å². The lowest BCUT2D eigenvalue weighted by molar-refractivity contribution is 0.288.